The summed E-state index contributed by atoms with van der Waals surface area (Å²) in [6, 6.07) is 11.2. The predicted octanol–water partition coefficient (Wildman–Crippen LogP) is 3.27. The molecule has 0 aliphatic rings. The van der Waals surface area contributed by atoms with E-state index >= 15 is 0 Å². The van der Waals surface area contributed by atoms with Crippen LogP contribution in [-0.4, -0.2) is 16.0 Å². The van der Waals surface area contributed by atoms with Gasteiger partial charge in [0.25, 0.3) is 5.69 Å². The van der Waals surface area contributed by atoms with E-state index in [0.717, 1.165) is 17.2 Å². The number of nitro benzene ring substituents is 1. The Morgan fingerprint density at radius 1 is 1.21 bits per heavy atom. The molecule has 1 N–H and O–H groups in total. The predicted molar refractivity (Wildman–Crippen MR) is 70.2 cm³/mol. The first-order valence-corrected chi connectivity index (χ1v) is 5.58. The van der Waals surface area contributed by atoms with E-state index in [-0.39, 0.29) is 11.3 Å². The van der Waals surface area contributed by atoms with E-state index in [4.69, 9.17) is 5.11 Å². The smallest absolute Gasteiger partial charge is 0.335 e. The van der Waals surface area contributed by atoms with Crippen LogP contribution in [0.5, 0.6) is 0 Å². The maximum atomic E-state index is 11.0. The highest BCUT2D eigenvalue weighted by atomic mass is 16.6. The zero-order valence-electron chi connectivity index (χ0n) is 10.2. The van der Waals surface area contributed by atoms with E-state index in [2.05, 4.69) is 0 Å². The number of nitro groups is 1. The molecule has 0 saturated carbocycles. The van der Waals surface area contributed by atoms with E-state index in [1.165, 1.54) is 12.1 Å². The van der Waals surface area contributed by atoms with Gasteiger partial charge in [0.15, 0.2) is 0 Å². The zero-order valence-corrected chi connectivity index (χ0v) is 10.2. The van der Waals surface area contributed by atoms with Crippen molar-refractivity contribution in [1.29, 1.82) is 0 Å². The second-order valence-electron chi connectivity index (χ2n) is 4.15. The first-order chi connectivity index (χ1) is 8.99. The average molecular weight is 257 g/mol. The number of aryl methyl sites for hydroxylation is 1. The Bertz CT molecular complexity index is 632. The number of rotatable bonds is 3. The standard InChI is InChI=1S/C14H11NO4/c1-9-4-2-3-5-13(9)10-6-11(14(16)17)8-12(7-10)15(18)19/h2-8H,1H3,(H,16,17). The quantitative estimate of drug-likeness (QED) is 0.675. The number of carboxylic acid groups (broad SMARTS) is 1. The Hall–Kier alpha value is -2.69. The van der Waals surface area contributed by atoms with Gasteiger partial charge in [-0.2, -0.15) is 0 Å². The lowest BCUT2D eigenvalue weighted by Crippen LogP contribution is -1.99. The van der Waals surface area contributed by atoms with Gasteiger partial charge in [0, 0.05) is 12.1 Å². The Kier molecular flexibility index (Phi) is 3.29. The van der Waals surface area contributed by atoms with Crippen molar-refractivity contribution in [2.45, 2.75) is 6.92 Å². The molecule has 0 atom stereocenters. The van der Waals surface area contributed by atoms with Gasteiger partial charge < -0.3 is 5.11 Å². The molecular formula is C14H11NO4. The minimum Gasteiger partial charge on any atom is -0.478 e. The molecule has 5 nitrogen and oxygen atoms in total. The Balaban J connectivity index is 2.67. The van der Waals surface area contributed by atoms with Crippen LogP contribution in [0.3, 0.4) is 0 Å². The second-order valence-corrected chi connectivity index (χ2v) is 4.15. The average Bonchev–Trinajstić information content (AvgIpc) is 2.38. The molecule has 2 aromatic carbocycles. The van der Waals surface area contributed by atoms with Crippen LogP contribution < -0.4 is 0 Å². The van der Waals surface area contributed by atoms with Gasteiger partial charge in [0.2, 0.25) is 0 Å². The molecule has 2 aromatic rings. The van der Waals surface area contributed by atoms with Crippen LogP contribution in [0, 0.1) is 17.0 Å². The van der Waals surface area contributed by atoms with E-state index in [0.29, 0.717) is 5.56 Å². The summed E-state index contributed by atoms with van der Waals surface area (Å²) in [5, 5.41) is 19.9. The van der Waals surface area contributed by atoms with Crippen LogP contribution in [0.25, 0.3) is 11.1 Å². The Morgan fingerprint density at radius 3 is 2.47 bits per heavy atom. The maximum absolute atomic E-state index is 11.0. The van der Waals surface area contributed by atoms with Crippen LogP contribution in [0.15, 0.2) is 42.5 Å². The van der Waals surface area contributed by atoms with Crippen molar-refractivity contribution in [2.24, 2.45) is 0 Å². The highest BCUT2D eigenvalue weighted by molar-refractivity contribution is 5.90. The molecule has 19 heavy (non-hydrogen) atoms. The van der Waals surface area contributed by atoms with Gasteiger partial charge in [-0.1, -0.05) is 24.3 Å². The van der Waals surface area contributed by atoms with Gasteiger partial charge in [-0.15, -0.1) is 0 Å². The summed E-state index contributed by atoms with van der Waals surface area (Å²) in [6.45, 7) is 1.87. The minimum atomic E-state index is -1.18. The van der Waals surface area contributed by atoms with Crippen LogP contribution in [0.1, 0.15) is 15.9 Å². The maximum Gasteiger partial charge on any atom is 0.335 e. The van der Waals surface area contributed by atoms with Gasteiger partial charge in [0.05, 0.1) is 10.5 Å². The summed E-state index contributed by atoms with van der Waals surface area (Å²) in [5.41, 5.74) is 1.93. The summed E-state index contributed by atoms with van der Waals surface area (Å²) >= 11 is 0. The van der Waals surface area contributed by atoms with Crippen molar-refractivity contribution in [3.63, 3.8) is 0 Å². The molecule has 0 aromatic heterocycles. The third-order valence-corrected chi connectivity index (χ3v) is 2.83. The van der Waals surface area contributed by atoms with Gasteiger partial charge in [-0.3, -0.25) is 10.1 Å². The molecule has 96 valence electrons. The number of non-ortho nitro benzene ring substituents is 1. The Labute approximate surface area is 109 Å². The lowest BCUT2D eigenvalue weighted by Gasteiger charge is -2.07. The van der Waals surface area contributed by atoms with Crippen molar-refractivity contribution >= 4 is 11.7 Å². The number of hydrogen-bond acceptors (Lipinski definition) is 3. The molecule has 0 bridgehead atoms. The normalized spacial score (nSPS) is 10.2. The van der Waals surface area contributed by atoms with Crippen molar-refractivity contribution in [3.05, 3.63) is 63.7 Å². The number of hydrogen-bond donors (Lipinski definition) is 1. The first-order valence-electron chi connectivity index (χ1n) is 5.58. The molecule has 5 heteroatoms. The van der Waals surface area contributed by atoms with Gasteiger partial charge >= 0.3 is 5.97 Å². The molecule has 0 fully saturated rings. The topological polar surface area (TPSA) is 80.4 Å². The summed E-state index contributed by atoms with van der Waals surface area (Å²) < 4.78 is 0. The molecular weight excluding hydrogens is 246 g/mol. The third-order valence-electron chi connectivity index (χ3n) is 2.83. The highest BCUT2D eigenvalue weighted by Crippen LogP contribution is 2.28. The van der Waals surface area contributed by atoms with Gasteiger partial charge in [-0.05, 0) is 29.7 Å². The number of benzene rings is 2. The largest absolute Gasteiger partial charge is 0.478 e. The molecule has 0 aliphatic heterocycles. The van der Waals surface area contributed by atoms with Crippen LogP contribution in [0.2, 0.25) is 0 Å². The van der Waals surface area contributed by atoms with E-state index in [1.807, 2.05) is 25.1 Å². The summed E-state index contributed by atoms with van der Waals surface area (Å²) in [7, 11) is 0. The van der Waals surface area contributed by atoms with Crippen molar-refractivity contribution in [2.75, 3.05) is 0 Å². The lowest BCUT2D eigenvalue weighted by atomic mass is 9.98. The summed E-state index contributed by atoms with van der Waals surface area (Å²) in [5.74, 6) is -1.18. The molecule has 2 rings (SSSR count). The molecule has 0 radical (unpaired) electrons. The van der Waals surface area contributed by atoms with Crippen LogP contribution in [0.4, 0.5) is 5.69 Å². The Morgan fingerprint density at radius 2 is 1.89 bits per heavy atom. The van der Waals surface area contributed by atoms with Crippen LogP contribution in [-0.2, 0) is 0 Å². The fourth-order valence-corrected chi connectivity index (χ4v) is 1.89. The number of nitrogens with zero attached hydrogens (tertiary/aromatic N) is 1. The highest BCUT2D eigenvalue weighted by Gasteiger charge is 2.15. The van der Waals surface area contributed by atoms with Crippen molar-refractivity contribution < 1.29 is 14.8 Å². The number of carbonyl (C=O) groups is 1. The fraction of sp³-hybridized carbons (Fsp3) is 0.0714. The zero-order chi connectivity index (χ0) is 14.0. The van der Waals surface area contributed by atoms with Gasteiger partial charge in [-0.25, -0.2) is 4.79 Å². The summed E-state index contributed by atoms with van der Waals surface area (Å²) in [6.07, 6.45) is 0. The number of carboxylic acids is 1. The molecule has 0 amide bonds. The minimum absolute atomic E-state index is 0.0903. The van der Waals surface area contributed by atoms with E-state index < -0.39 is 10.9 Å². The number of aromatic carboxylic acids is 1. The molecule has 0 unspecified atom stereocenters. The van der Waals surface area contributed by atoms with Gasteiger partial charge in [0.1, 0.15) is 0 Å². The first kappa shape index (κ1) is 12.8. The SMILES string of the molecule is Cc1ccccc1-c1cc(C(=O)O)cc([N+](=O)[O-])c1. The van der Waals surface area contributed by atoms with Crippen molar-refractivity contribution in [1.82, 2.24) is 0 Å². The molecule has 0 aliphatic carbocycles. The monoisotopic (exact) mass is 257 g/mol. The fourth-order valence-electron chi connectivity index (χ4n) is 1.89. The van der Waals surface area contributed by atoms with E-state index in [1.54, 1.807) is 6.07 Å². The lowest BCUT2D eigenvalue weighted by molar-refractivity contribution is -0.384. The third kappa shape index (κ3) is 2.60. The molecule has 0 spiro atoms. The molecule has 0 heterocycles. The second kappa shape index (κ2) is 4.89. The molecule has 0 saturated heterocycles. The van der Waals surface area contributed by atoms with E-state index in [9.17, 15) is 14.9 Å². The van der Waals surface area contributed by atoms with Crippen molar-refractivity contribution in [3.8, 4) is 11.1 Å². The van der Waals surface area contributed by atoms with Crippen LogP contribution >= 0.6 is 0 Å². The summed E-state index contributed by atoms with van der Waals surface area (Å²) in [4.78, 5) is 21.3.